The molecule has 1 amide bonds. The van der Waals surface area contributed by atoms with E-state index in [4.69, 9.17) is 4.74 Å². The predicted molar refractivity (Wildman–Crippen MR) is 93.6 cm³/mol. The second-order valence-electron chi connectivity index (χ2n) is 5.56. The van der Waals surface area contributed by atoms with Crippen LogP contribution in [-0.2, 0) is 12.8 Å². The Morgan fingerprint density at radius 3 is 2.96 bits per heavy atom. The number of para-hydroxylation sites is 1. The zero-order valence-electron chi connectivity index (χ0n) is 13.2. The summed E-state index contributed by atoms with van der Waals surface area (Å²) in [5, 5.41) is 4.05. The van der Waals surface area contributed by atoms with Crippen LogP contribution in [0.5, 0.6) is 5.75 Å². The summed E-state index contributed by atoms with van der Waals surface area (Å²) in [5.41, 5.74) is 4.78. The van der Waals surface area contributed by atoms with Crippen LogP contribution in [0.4, 0.5) is 0 Å². The van der Waals surface area contributed by atoms with Gasteiger partial charge in [0, 0.05) is 10.4 Å². The number of amides is 1. The van der Waals surface area contributed by atoms with Crippen LogP contribution in [-0.4, -0.2) is 19.2 Å². The van der Waals surface area contributed by atoms with E-state index in [-0.39, 0.29) is 5.91 Å². The topological polar surface area (TPSA) is 50.7 Å². The summed E-state index contributed by atoms with van der Waals surface area (Å²) in [7, 11) is 1.62. The predicted octanol–water partition coefficient (Wildman–Crippen LogP) is 3.79. The minimum atomic E-state index is -0.144. The molecule has 1 aromatic carbocycles. The number of hydrogen-bond acceptors (Lipinski definition) is 4. The van der Waals surface area contributed by atoms with Gasteiger partial charge in [0.05, 0.1) is 18.2 Å². The third-order valence-electron chi connectivity index (χ3n) is 3.98. The molecule has 1 heterocycles. The maximum absolute atomic E-state index is 12.2. The highest BCUT2D eigenvalue weighted by Gasteiger charge is 2.16. The number of hydrazone groups is 1. The molecule has 23 heavy (non-hydrogen) atoms. The van der Waals surface area contributed by atoms with Crippen molar-refractivity contribution in [2.75, 3.05) is 7.11 Å². The number of carbonyl (C=O) groups excluding carboxylic acids is 1. The third-order valence-corrected chi connectivity index (χ3v) is 5.21. The van der Waals surface area contributed by atoms with Crippen molar-refractivity contribution in [3.8, 4) is 5.75 Å². The lowest BCUT2D eigenvalue weighted by Crippen LogP contribution is -2.16. The smallest absolute Gasteiger partial charge is 0.281 e. The standard InChI is InChI=1S/C18H20N2O2S/c1-22-15-9-6-5-8-14(15)12-19-20-18(21)17-11-13-7-3-2-4-10-16(13)23-17/h5-6,8-9,11-12H,2-4,7,10H2,1H3,(H,20,21)/b19-12-. The van der Waals surface area contributed by atoms with E-state index in [0.717, 1.165) is 29.0 Å². The Bertz CT molecular complexity index is 698. The molecule has 0 saturated heterocycles. The minimum absolute atomic E-state index is 0.144. The van der Waals surface area contributed by atoms with Gasteiger partial charge in [0.1, 0.15) is 5.75 Å². The van der Waals surface area contributed by atoms with Crippen LogP contribution in [0.3, 0.4) is 0 Å². The molecular formula is C18H20N2O2S. The van der Waals surface area contributed by atoms with Crippen molar-refractivity contribution in [1.29, 1.82) is 0 Å². The number of thiophene rings is 1. The number of nitrogens with one attached hydrogen (secondary N) is 1. The Balaban J connectivity index is 1.66. The molecular weight excluding hydrogens is 308 g/mol. The van der Waals surface area contributed by atoms with Crippen molar-refractivity contribution < 1.29 is 9.53 Å². The molecule has 0 unspecified atom stereocenters. The lowest BCUT2D eigenvalue weighted by molar-refractivity contribution is 0.0959. The fourth-order valence-corrected chi connectivity index (χ4v) is 3.91. The average molecular weight is 328 g/mol. The Morgan fingerprint density at radius 1 is 1.26 bits per heavy atom. The molecule has 1 aliphatic rings. The molecule has 0 spiro atoms. The van der Waals surface area contributed by atoms with Gasteiger partial charge in [-0.15, -0.1) is 11.3 Å². The number of carbonyl (C=O) groups is 1. The second-order valence-corrected chi connectivity index (χ2v) is 6.70. The first-order chi connectivity index (χ1) is 11.3. The normalized spacial score (nSPS) is 14.3. The van der Waals surface area contributed by atoms with Crippen molar-refractivity contribution in [2.24, 2.45) is 5.10 Å². The van der Waals surface area contributed by atoms with Crippen molar-refractivity contribution in [1.82, 2.24) is 5.43 Å². The van der Waals surface area contributed by atoms with Gasteiger partial charge in [-0.1, -0.05) is 18.6 Å². The first kappa shape index (κ1) is 15.7. The fourth-order valence-electron chi connectivity index (χ4n) is 2.77. The monoisotopic (exact) mass is 328 g/mol. The van der Waals surface area contributed by atoms with Crippen LogP contribution >= 0.6 is 11.3 Å². The van der Waals surface area contributed by atoms with Crippen molar-refractivity contribution in [2.45, 2.75) is 32.1 Å². The lowest BCUT2D eigenvalue weighted by atomic mass is 10.1. The summed E-state index contributed by atoms with van der Waals surface area (Å²) in [6.07, 6.45) is 7.51. The Kier molecular flexibility index (Phi) is 5.08. The van der Waals surface area contributed by atoms with E-state index in [0.29, 0.717) is 0 Å². The number of methoxy groups -OCH3 is 1. The number of aryl methyl sites for hydroxylation is 2. The highest BCUT2D eigenvalue weighted by Crippen LogP contribution is 2.28. The van der Waals surface area contributed by atoms with Gasteiger partial charge in [0.15, 0.2) is 0 Å². The lowest BCUT2D eigenvalue weighted by Gasteiger charge is -2.02. The summed E-state index contributed by atoms with van der Waals surface area (Å²) in [6, 6.07) is 9.58. The summed E-state index contributed by atoms with van der Waals surface area (Å²) in [6.45, 7) is 0. The highest BCUT2D eigenvalue weighted by atomic mass is 32.1. The maximum Gasteiger partial charge on any atom is 0.281 e. The number of hydrogen-bond donors (Lipinski definition) is 1. The van der Waals surface area contributed by atoms with Crippen molar-refractivity contribution in [3.63, 3.8) is 0 Å². The van der Waals surface area contributed by atoms with Gasteiger partial charge in [-0.3, -0.25) is 4.79 Å². The van der Waals surface area contributed by atoms with Crippen molar-refractivity contribution >= 4 is 23.5 Å². The van der Waals surface area contributed by atoms with Crippen LogP contribution in [0.25, 0.3) is 0 Å². The fraction of sp³-hybridized carbons (Fsp3) is 0.333. The average Bonchev–Trinajstić information content (AvgIpc) is 2.86. The molecule has 4 nitrogen and oxygen atoms in total. The Labute approximate surface area is 140 Å². The Morgan fingerprint density at radius 2 is 2.09 bits per heavy atom. The molecule has 1 aromatic heterocycles. The molecule has 3 rings (SSSR count). The Hall–Kier alpha value is -2.14. The van der Waals surface area contributed by atoms with E-state index in [1.807, 2.05) is 30.3 Å². The maximum atomic E-state index is 12.2. The first-order valence-electron chi connectivity index (χ1n) is 7.86. The zero-order valence-corrected chi connectivity index (χ0v) is 14.0. The molecule has 0 radical (unpaired) electrons. The second kappa shape index (κ2) is 7.42. The number of fused-ring (bicyclic) bond motifs is 1. The molecule has 0 aliphatic heterocycles. The molecule has 1 aliphatic carbocycles. The van der Waals surface area contributed by atoms with Gasteiger partial charge in [-0.25, -0.2) is 5.43 Å². The van der Waals surface area contributed by atoms with Crippen LogP contribution in [0.1, 0.15) is 44.9 Å². The van der Waals surface area contributed by atoms with Crippen LogP contribution < -0.4 is 10.2 Å². The summed E-state index contributed by atoms with van der Waals surface area (Å²) in [5.74, 6) is 0.586. The highest BCUT2D eigenvalue weighted by molar-refractivity contribution is 7.14. The molecule has 0 saturated carbocycles. The third kappa shape index (κ3) is 3.79. The SMILES string of the molecule is COc1ccccc1/C=N\NC(=O)c1cc2c(s1)CCCCC2. The molecule has 2 aromatic rings. The van der Waals surface area contributed by atoms with Crippen LogP contribution in [0, 0.1) is 0 Å². The van der Waals surface area contributed by atoms with Gasteiger partial charge in [-0.05, 0) is 49.4 Å². The van der Waals surface area contributed by atoms with Gasteiger partial charge in [0.25, 0.3) is 5.91 Å². The first-order valence-corrected chi connectivity index (χ1v) is 8.67. The van der Waals surface area contributed by atoms with Gasteiger partial charge in [0.2, 0.25) is 0 Å². The van der Waals surface area contributed by atoms with E-state index < -0.39 is 0 Å². The summed E-state index contributed by atoms with van der Waals surface area (Å²) in [4.78, 5) is 14.4. The zero-order chi connectivity index (χ0) is 16.1. The molecule has 0 atom stereocenters. The molecule has 1 N–H and O–H groups in total. The van der Waals surface area contributed by atoms with Gasteiger partial charge >= 0.3 is 0 Å². The van der Waals surface area contributed by atoms with E-state index in [9.17, 15) is 4.79 Å². The van der Waals surface area contributed by atoms with Gasteiger partial charge in [-0.2, -0.15) is 5.10 Å². The molecule has 0 fully saturated rings. The molecule has 0 bridgehead atoms. The number of rotatable bonds is 4. The number of benzene rings is 1. The molecule has 120 valence electrons. The summed E-state index contributed by atoms with van der Waals surface area (Å²) < 4.78 is 5.25. The summed E-state index contributed by atoms with van der Waals surface area (Å²) >= 11 is 1.60. The van der Waals surface area contributed by atoms with Gasteiger partial charge < -0.3 is 4.74 Å². The van der Waals surface area contributed by atoms with E-state index in [1.54, 1.807) is 24.7 Å². The number of ether oxygens (including phenoxy) is 1. The van der Waals surface area contributed by atoms with E-state index in [2.05, 4.69) is 10.5 Å². The van der Waals surface area contributed by atoms with Crippen LogP contribution in [0.2, 0.25) is 0 Å². The minimum Gasteiger partial charge on any atom is -0.496 e. The quantitative estimate of drug-likeness (QED) is 0.527. The number of nitrogens with zero attached hydrogens (tertiary/aromatic N) is 1. The van der Waals surface area contributed by atoms with E-state index >= 15 is 0 Å². The van der Waals surface area contributed by atoms with Crippen LogP contribution in [0.15, 0.2) is 35.4 Å². The van der Waals surface area contributed by atoms with E-state index in [1.165, 1.54) is 29.7 Å². The van der Waals surface area contributed by atoms with Crippen molar-refractivity contribution in [3.05, 3.63) is 51.2 Å². The molecule has 5 heteroatoms. The largest absolute Gasteiger partial charge is 0.496 e.